The van der Waals surface area contributed by atoms with Crippen molar-refractivity contribution in [3.05, 3.63) is 16.6 Å². The van der Waals surface area contributed by atoms with E-state index < -0.39 is 0 Å². The summed E-state index contributed by atoms with van der Waals surface area (Å²) in [6, 6.07) is 0. The van der Waals surface area contributed by atoms with Gasteiger partial charge in [-0.2, -0.15) is 5.10 Å². The minimum absolute atomic E-state index is 0.0580. The third kappa shape index (κ3) is 2.70. The fourth-order valence-electron chi connectivity index (χ4n) is 1.92. The van der Waals surface area contributed by atoms with Crippen LogP contribution in [0, 0.1) is 0 Å². The highest BCUT2D eigenvalue weighted by molar-refractivity contribution is 7.99. The van der Waals surface area contributed by atoms with E-state index in [0.29, 0.717) is 41.7 Å². The van der Waals surface area contributed by atoms with Crippen molar-refractivity contribution in [3.63, 3.8) is 0 Å². The van der Waals surface area contributed by atoms with Crippen LogP contribution >= 0.6 is 11.8 Å². The predicted octanol–water partition coefficient (Wildman–Crippen LogP) is -0.423. The van der Waals surface area contributed by atoms with Gasteiger partial charge in [0.25, 0.3) is 5.56 Å². The third-order valence-electron chi connectivity index (χ3n) is 2.84. The average Bonchev–Trinajstić information content (AvgIpc) is 3.07. The van der Waals surface area contributed by atoms with E-state index in [-0.39, 0.29) is 18.5 Å². The van der Waals surface area contributed by atoms with Gasteiger partial charge in [0.15, 0.2) is 17.1 Å². The second kappa shape index (κ2) is 5.92. The number of aromatic nitrogens is 4. The maximum atomic E-state index is 11.9. The Morgan fingerprint density at radius 2 is 2.30 bits per heavy atom. The van der Waals surface area contributed by atoms with Crippen molar-refractivity contribution in [2.75, 3.05) is 25.6 Å². The first-order chi connectivity index (χ1) is 9.78. The molecule has 2 aromatic heterocycles. The molecule has 0 amide bonds. The Bertz CT molecular complexity index is 649. The SMILES string of the molecule is O=c1[nH]c(SCC2OCCO2)nc2c1cnn2CCO. The van der Waals surface area contributed by atoms with E-state index in [1.54, 1.807) is 0 Å². The number of thioether (sulfide) groups is 1. The Morgan fingerprint density at radius 3 is 3.05 bits per heavy atom. The Balaban J connectivity index is 1.83. The molecule has 0 aliphatic carbocycles. The molecule has 2 aromatic rings. The van der Waals surface area contributed by atoms with Gasteiger partial charge in [0.05, 0.1) is 38.3 Å². The fourth-order valence-corrected chi connectivity index (χ4v) is 2.73. The summed E-state index contributed by atoms with van der Waals surface area (Å²) in [6.07, 6.45) is 1.19. The maximum Gasteiger partial charge on any atom is 0.262 e. The molecule has 2 N–H and O–H groups in total. The van der Waals surface area contributed by atoms with E-state index in [2.05, 4.69) is 15.1 Å². The molecule has 0 atom stereocenters. The molecule has 8 nitrogen and oxygen atoms in total. The normalized spacial score (nSPS) is 16.2. The molecule has 1 aliphatic heterocycles. The molecule has 9 heteroatoms. The number of H-pyrrole nitrogens is 1. The van der Waals surface area contributed by atoms with E-state index in [0.717, 1.165) is 0 Å². The minimum atomic E-state index is -0.261. The summed E-state index contributed by atoms with van der Waals surface area (Å²) in [4.78, 5) is 19.0. The van der Waals surface area contributed by atoms with Crippen LogP contribution in [0.4, 0.5) is 0 Å². The first kappa shape index (κ1) is 13.6. The third-order valence-corrected chi connectivity index (χ3v) is 3.75. The van der Waals surface area contributed by atoms with Gasteiger partial charge in [-0.1, -0.05) is 11.8 Å². The van der Waals surface area contributed by atoms with E-state index in [1.165, 1.54) is 22.6 Å². The second-order valence-corrected chi connectivity index (χ2v) is 5.19. The zero-order valence-electron chi connectivity index (χ0n) is 10.6. The zero-order valence-corrected chi connectivity index (χ0v) is 11.4. The quantitative estimate of drug-likeness (QED) is 0.570. The minimum Gasteiger partial charge on any atom is -0.394 e. The highest BCUT2D eigenvalue weighted by atomic mass is 32.2. The van der Waals surface area contributed by atoms with Gasteiger partial charge in [-0.05, 0) is 0 Å². The topological polar surface area (TPSA) is 102 Å². The number of rotatable bonds is 5. The van der Waals surface area contributed by atoms with Crippen molar-refractivity contribution < 1.29 is 14.6 Å². The van der Waals surface area contributed by atoms with Crippen LogP contribution in [0.25, 0.3) is 11.0 Å². The molecular formula is C11H14N4O4S. The lowest BCUT2D eigenvalue weighted by Gasteiger charge is -2.07. The van der Waals surface area contributed by atoms with Crippen molar-refractivity contribution in [3.8, 4) is 0 Å². The number of fused-ring (bicyclic) bond motifs is 1. The van der Waals surface area contributed by atoms with Crippen molar-refractivity contribution >= 4 is 22.8 Å². The van der Waals surface area contributed by atoms with Gasteiger partial charge in [0.1, 0.15) is 5.39 Å². The fraction of sp³-hybridized carbons (Fsp3) is 0.545. The summed E-state index contributed by atoms with van der Waals surface area (Å²) < 4.78 is 12.2. The Hall–Kier alpha value is -1.42. The molecule has 0 radical (unpaired) electrons. The van der Waals surface area contributed by atoms with Crippen molar-refractivity contribution in [1.29, 1.82) is 0 Å². The Kier molecular flexibility index (Phi) is 4.01. The van der Waals surface area contributed by atoms with E-state index >= 15 is 0 Å². The van der Waals surface area contributed by atoms with Crippen LogP contribution in [-0.2, 0) is 16.0 Å². The summed E-state index contributed by atoms with van der Waals surface area (Å²) in [5.74, 6) is 0.558. The summed E-state index contributed by atoms with van der Waals surface area (Å²) in [5.41, 5.74) is 0.230. The number of hydrogen-bond acceptors (Lipinski definition) is 7. The standard InChI is InChI=1S/C11H14N4O4S/c16-2-1-15-9-7(5-12-15)10(17)14-11(13-9)20-6-8-18-3-4-19-8/h5,8,16H,1-4,6H2,(H,13,14,17). The van der Waals surface area contributed by atoms with E-state index in [4.69, 9.17) is 14.6 Å². The molecule has 20 heavy (non-hydrogen) atoms. The highest BCUT2D eigenvalue weighted by Crippen LogP contribution is 2.18. The lowest BCUT2D eigenvalue weighted by Crippen LogP contribution is -2.14. The molecule has 0 spiro atoms. The lowest BCUT2D eigenvalue weighted by molar-refractivity contribution is -0.0215. The van der Waals surface area contributed by atoms with E-state index in [9.17, 15) is 4.79 Å². The summed E-state index contributed by atoms with van der Waals surface area (Å²) in [5, 5.41) is 13.9. The van der Waals surface area contributed by atoms with Crippen molar-refractivity contribution in [1.82, 2.24) is 19.7 Å². The Morgan fingerprint density at radius 1 is 1.50 bits per heavy atom. The monoisotopic (exact) mass is 298 g/mol. The number of aliphatic hydroxyl groups excluding tert-OH is 1. The molecule has 0 bridgehead atoms. The van der Waals surface area contributed by atoms with Gasteiger partial charge >= 0.3 is 0 Å². The van der Waals surface area contributed by atoms with Crippen LogP contribution in [0.1, 0.15) is 0 Å². The van der Waals surface area contributed by atoms with Crippen LogP contribution < -0.4 is 5.56 Å². The van der Waals surface area contributed by atoms with Gasteiger partial charge in [-0.25, -0.2) is 9.67 Å². The molecule has 1 saturated heterocycles. The molecule has 3 rings (SSSR count). The zero-order chi connectivity index (χ0) is 13.9. The first-order valence-corrected chi connectivity index (χ1v) is 7.19. The molecule has 0 unspecified atom stereocenters. The van der Waals surface area contributed by atoms with Crippen LogP contribution in [0.15, 0.2) is 16.1 Å². The van der Waals surface area contributed by atoms with Gasteiger partial charge in [-0.15, -0.1) is 0 Å². The van der Waals surface area contributed by atoms with Gasteiger partial charge in [-0.3, -0.25) is 4.79 Å². The predicted molar refractivity (Wildman–Crippen MR) is 71.7 cm³/mol. The Labute approximate surface area is 118 Å². The molecule has 3 heterocycles. The maximum absolute atomic E-state index is 11.9. The van der Waals surface area contributed by atoms with Gasteiger partial charge < -0.3 is 19.6 Å². The van der Waals surface area contributed by atoms with Crippen molar-refractivity contribution in [2.24, 2.45) is 0 Å². The molecule has 1 fully saturated rings. The number of nitrogens with one attached hydrogen (secondary N) is 1. The number of ether oxygens (including phenoxy) is 2. The van der Waals surface area contributed by atoms with Crippen LogP contribution in [0.5, 0.6) is 0 Å². The average molecular weight is 298 g/mol. The largest absolute Gasteiger partial charge is 0.394 e. The summed E-state index contributed by atoms with van der Waals surface area (Å²) >= 11 is 1.36. The van der Waals surface area contributed by atoms with Gasteiger partial charge in [0, 0.05) is 0 Å². The summed E-state index contributed by atoms with van der Waals surface area (Å²) in [7, 11) is 0. The van der Waals surface area contributed by atoms with Crippen LogP contribution in [0.3, 0.4) is 0 Å². The number of aliphatic hydroxyl groups is 1. The highest BCUT2D eigenvalue weighted by Gasteiger charge is 2.17. The number of hydrogen-bond donors (Lipinski definition) is 2. The van der Waals surface area contributed by atoms with Gasteiger partial charge in [0.2, 0.25) is 0 Å². The first-order valence-electron chi connectivity index (χ1n) is 6.20. The molecule has 0 aromatic carbocycles. The smallest absolute Gasteiger partial charge is 0.262 e. The van der Waals surface area contributed by atoms with Crippen molar-refractivity contribution in [2.45, 2.75) is 18.0 Å². The molecule has 0 saturated carbocycles. The molecule has 108 valence electrons. The van der Waals surface area contributed by atoms with E-state index in [1.807, 2.05) is 0 Å². The van der Waals surface area contributed by atoms with Crippen LogP contribution in [0.2, 0.25) is 0 Å². The summed E-state index contributed by atoms with van der Waals surface area (Å²) in [6.45, 7) is 1.44. The van der Waals surface area contributed by atoms with Crippen LogP contribution in [-0.4, -0.2) is 56.7 Å². The lowest BCUT2D eigenvalue weighted by atomic mass is 10.4. The molecule has 1 aliphatic rings. The second-order valence-electron chi connectivity index (χ2n) is 4.18. The number of aromatic amines is 1. The number of nitrogens with zero attached hydrogens (tertiary/aromatic N) is 3. The molecular weight excluding hydrogens is 284 g/mol.